The Bertz CT molecular complexity index is 461. The largest absolute Gasteiger partial charge is 0.379 e. The molecule has 4 nitrogen and oxygen atoms in total. The van der Waals surface area contributed by atoms with Crippen molar-refractivity contribution in [2.45, 2.75) is 46.8 Å². The second-order valence-corrected chi connectivity index (χ2v) is 5.56. The minimum Gasteiger partial charge on any atom is -0.379 e. The van der Waals surface area contributed by atoms with Crippen molar-refractivity contribution in [2.75, 3.05) is 20.2 Å². The van der Waals surface area contributed by atoms with E-state index in [9.17, 15) is 0 Å². The van der Waals surface area contributed by atoms with Crippen molar-refractivity contribution in [1.29, 1.82) is 0 Å². The maximum atomic E-state index is 5.51. The Hall–Kier alpha value is -0.820. The fourth-order valence-corrected chi connectivity index (χ4v) is 2.04. The normalized spacial score (nSPS) is 11.3. The number of rotatable bonds is 7. The number of nitrogens with one attached hydrogen (secondary N) is 2. The first-order valence-electron chi connectivity index (χ1n) is 7.65. The number of ether oxygens (including phenoxy) is 1. The summed E-state index contributed by atoms with van der Waals surface area (Å²) in [7, 11) is 1.79. The van der Waals surface area contributed by atoms with Gasteiger partial charge in [-0.1, -0.05) is 23.8 Å². The van der Waals surface area contributed by atoms with Crippen LogP contribution in [0.1, 0.15) is 37.0 Å². The third kappa shape index (κ3) is 8.58. The zero-order valence-corrected chi connectivity index (χ0v) is 16.7. The average molecular weight is 419 g/mol. The molecule has 0 aromatic heterocycles. The van der Waals surface area contributed by atoms with Crippen molar-refractivity contribution < 1.29 is 4.74 Å². The molecule has 1 aromatic rings. The molecule has 0 spiro atoms. The molecule has 5 heteroatoms. The molecule has 1 rings (SSSR count). The molecule has 22 heavy (non-hydrogen) atoms. The number of aryl methyl sites for hydroxylation is 2. The summed E-state index contributed by atoms with van der Waals surface area (Å²) in [6, 6.07) is 6.52. The molecule has 0 bridgehead atoms. The molecule has 0 fully saturated rings. The van der Waals surface area contributed by atoms with Crippen LogP contribution in [0.15, 0.2) is 23.2 Å². The van der Waals surface area contributed by atoms with Crippen molar-refractivity contribution >= 4 is 29.9 Å². The molecule has 0 amide bonds. The Morgan fingerprint density at radius 2 is 1.95 bits per heavy atom. The predicted octanol–water partition coefficient (Wildman–Crippen LogP) is 3.40. The van der Waals surface area contributed by atoms with Crippen LogP contribution in [-0.2, 0) is 11.3 Å². The second-order valence-electron chi connectivity index (χ2n) is 5.56. The smallest absolute Gasteiger partial charge is 0.191 e. The molecule has 0 saturated heterocycles. The van der Waals surface area contributed by atoms with Crippen LogP contribution >= 0.6 is 24.0 Å². The van der Waals surface area contributed by atoms with Gasteiger partial charge < -0.3 is 15.4 Å². The van der Waals surface area contributed by atoms with E-state index in [4.69, 9.17) is 4.74 Å². The minimum atomic E-state index is 0. The number of guanidine groups is 1. The number of benzene rings is 1. The van der Waals surface area contributed by atoms with E-state index in [1.165, 1.54) is 16.7 Å². The van der Waals surface area contributed by atoms with E-state index in [-0.39, 0.29) is 24.0 Å². The molecule has 0 aliphatic carbocycles. The summed E-state index contributed by atoms with van der Waals surface area (Å²) in [5.41, 5.74) is 3.90. The Morgan fingerprint density at radius 1 is 1.23 bits per heavy atom. The Morgan fingerprint density at radius 3 is 2.55 bits per heavy atom. The number of aliphatic imine (C=N–C) groups is 1. The van der Waals surface area contributed by atoms with Gasteiger partial charge in [0.25, 0.3) is 0 Å². The van der Waals surface area contributed by atoms with Crippen LogP contribution < -0.4 is 10.6 Å². The maximum absolute atomic E-state index is 5.51. The molecule has 0 unspecified atom stereocenters. The maximum Gasteiger partial charge on any atom is 0.191 e. The molecule has 0 heterocycles. The van der Waals surface area contributed by atoms with Gasteiger partial charge >= 0.3 is 0 Å². The van der Waals surface area contributed by atoms with E-state index in [2.05, 4.69) is 61.5 Å². The molecular formula is C17H30IN3O. The van der Waals surface area contributed by atoms with E-state index in [0.717, 1.165) is 32.1 Å². The topological polar surface area (TPSA) is 45.7 Å². The highest BCUT2D eigenvalue weighted by Gasteiger charge is 2.01. The van der Waals surface area contributed by atoms with E-state index in [1.807, 2.05) is 0 Å². The lowest BCUT2D eigenvalue weighted by Gasteiger charge is -2.14. The molecular weight excluding hydrogens is 389 g/mol. The van der Waals surface area contributed by atoms with Gasteiger partial charge in [0, 0.05) is 26.7 Å². The minimum absolute atomic E-state index is 0. The summed E-state index contributed by atoms with van der Waals surface area (Å²) in [4.78, 5) is 4.24. The van der Waals surface area contributed by atoms with Crippen LogP contribution in [0.25, 0.3) is 0 Å². The number of hydrogen-bond donors (Lipinski definition) is 2. The molecule has 2 N–H and O–H groups in total. The van der Waals surface area contributed by atoms with Crippen molar-refractivity contribution in [3.05, 3.63) is 34.9 Å². The van der Waals surface area contributed by atoms with Gasteiger partial charge in [-0.05, 0) is 45.2 Å². The van der Waals surface area contributed by atoms with Gasteiger partial charge in [0.2, 0.25) is 0 Å². The van der Waals surface area contributed by atoms with Crippen molar-refractivity contribution in [3.8, 4) is 0 Å². The fraction of sp³-hybridized carbons (Fsp3) is 0.588. The highest BCUT2D eigenvalue weighted by molar-refractivity contribution is 14.0. The van der Waals surface area contributed by atoms with E-state index >= 15 is 0 Å². The van der Waals surface area contributed by atoms with Gasteiger partial charge in [0.15, 0.2) is 5.96 Å². The first-order chi connectivity index (χ1) is 10.0. The third-order valence-corrected chi connectivity index (χ3v) is 3.23. The van der Waals surface area contributed by atoms with Gasteiger partial charge in [-0.2, -0.15) is 0 Å². The molecule has 0 saturated carbocycles. The summed E-state index contributed by atoms with van der Waals surface area (Å²) in [6.07, 6.45) is 1.27. The fourth-order valence-electron chi connectivity index (χ4n) is 2.04. The Balaban J connectivity index is 0.00000441. The van der Waals surface area contributed by atoms with Gasteiger partial charge in [0.05, 0.1) is 6.10 Å². The van der Waals surface area contributed by atoms with Crippen molar-refractivity contribution in [3.63, 3.8) is 0 Å². The van der Waals surface area contributed by atoms with Crippen molar-refractivity contribution in [2.24, 2.45) is 4.99 Å². The van der Waals surface area contributed by atoms with Crippen LogP contribution in [0.3, 0.4) is 0 Å². The third-order valence-electron chi connectivity index (χ3n) is 3.23. The molecule has 1 aromatic carbocycles. The molecule has 0 atom stereocenters. The van der Waals surface area contributed by atoms with Crippen LogP contribution in [0, 0.1) is 13.8 Å². The molecule has 0 aliphatic heterocycles. The van der Waals surface area contributed by atoms with Crippen LogP contribution in [0.4, 0.5) is 0 Å². The van der Waals surface area contributed by atoms with Crippen LogP contribution in [-0.4, -0.2) is 32.3 Å². The lowest BCUT2D eigenvalue weighted by molar-refractivity contribution is 0.0776. The monoisotopic (exact) mass is 419 g/mol. The Labute approximate surface area is 152 Å². The number of hydrogen-bond acceptors (Lipinski definition) is 2. The van der Waals surface area contributed by atoms with E-state index < -0.39 is 0 Å². The second kappa shape index (κ2) is 11.7. The summed E-state index contributed by atoms with van der Waals surface area (Å²) >= 11 is 0. The quantitative estimate of drug-likeness (QED) is 0.308. The lowest BCUT2D eigenvalue weighted by Crippen LogP contribution is -2.37. The van der Waals surface area contributed by atoms with E-state index in [0.29, 0.717) is 6.10 Å². The van der Waals surface area contributed by atoms with E-state index in [1.54, 1.807) is 7.05 Å². The highest BCUT2D eigenvalue weighted by atomic mass is 127. The van der Waals surface area contributed by atoms with Gasteiger partial charge in [-0.25, -0.2) is 0 Å². The highest BCUT2D eigenvalue weighted by Crippen LogP contribution is 2.09. The zero-order chi connectivity index (χ0) is 15.7. The SMILES string of the molecule is CN=C(NCCCOC(C)C)NCc1ccc(C)cc1C.I. The summed E-state index contributed by atoms with van der Waals surface area (Å²) in [5, 5.41) is 6.65. The molecule has 126 valence electrons. The van der Waals surface area contributed by atoms with Gasteiger partial charge in [-0.3, -0.25) is 4.99 Å². The lowest BCUT2D eigenvalue weighted by atomic mass is 10.1. The summed E-state index contributed by atoms with van der Waals surface area (Å²) in [6.45, 7) is 10.8. The van der Waals surface area contributed by atoms with Crippen molar-refractivity contribution in [1.82, 2.24) is 10.6 Å². The number of nitrogens with zero attached hydrogens (tertiary/aromatic N) is 1. The Kier molecular flexibility index (Phi) is 11.3. The van der Waals surface area contributed by atoms with Gasteiger partial charge in [-0.15, -0.1) is 24.0 Å². The zero-order valence-electron chi connectivity index (χ0n) is 14.4. The average Bonchev–Trinajstić information content (AvgIpc) is 2.43. The standard InChI is InChI=1S/C17H29N3O.HI/c1-13(2)21-10-6-9-19-17(18-5)20-12-16-8-7-14(3)11-15(16)4;/h7-8,11,13H,6,9-10,12H2,1-5H3,(H2,18,19,20);1H. The van der Waals surface area contributed by atoms with Crippen LogP contribution in [0.2, 0.25) is 0 Å². The summed E-state index contributed by atoms with van der Waals surface area (Å²) in [5.74, 6) is 0.833. The van der Waals surface area contributed by atoms with Gasteiger partial charge in [0.1, 0.15) is 0 Å². The van der Waals surface area contributed by atoms with Crippen LogP contribution in [0.5, 0.6) is 0 Å². The first kappa shape index (κ1) is 21.2. The molecule has 0 radical (unpaired) electrons. The predicted molar refractivity (Wildman–Crippen MR) is 105 cm³/mol. The molecule has 0 aliphatic rings. The number of halogens is 1. The first-order valence-corrected chi connectivity index (χ1v) is 7.65. The summed E-state index contributed by atoms with van der Waals surface area (Å²) < 4.78 is 5.51.